The summed E-state index contributed by atoms with van der Waals surface area (Å²) in [6.07, 6.45) is 4.05. The highest BCUT2D eigenvalue weighted by molar-refractivity contribution is 7.90. The Morgan fingerprint density at radius 1 is 1.04 bits per heavy atom. The number of hydrogen-bond acceptors (Lipinski definition) is 4. The average Bonchev–Trinajstić information content (AvgIpc) is 2.89. The molecule has 0 saturated heterocycles. The molecule has 0 aliphatic rings. The largest absolute Gasteiger partial charge is 0.281 e. The zero-order valence-electron chi connectivity index (χ0n) is 12.6. The van der Waals surface area contributed by atoms with Gasteiger partial charge >= 0.3 is 0 Å². The maximum absolute atomic E-state index is 11.5. The molecule has 0 aliphatic heterocycles. The molecule has 1 aromatic carbocycles. The fourth-order valence-electron chi connectivity index (χ4n) is 2.20. The van der Waals surface area contributed by atoms with Crippen molar-refractivity contribution in [2.45, 2.75) is 11.8 Å². The van der Waals surface area contributed by atoms with Gasteiger partial charge in [-0.2, -0.15) is 0 Å². The van der Waals surface area contributed by atoms with E-state index in [0.29, 0.717) is 16.7 Å². The molecule has 0 spiro atoms. The molecule has 23 heavy (non-hydrogen) atoms. The standard InChI is InChI=1S/C16H14ClN3O2S/c1-11-3-5-12(6-4-11)15-16(17)19-10-20(15)14-8-7-13(9-18-14)23(2,21)22/h3-10H,1-2H3. The molecular formula is C16H14ClN3O2S. The molecule has 0 amide bonds. The molecule has 0 atom stereocenters. The molecule has 7 heteroatoms. The van der Waals surface area contributed by atoms with Gasteiger partial charge in [0, 0.05) is 18.0 Å². The van der Waals surface area contributed by atoms with Gasteiger partial charge in [-0.15, -0.1) is 0 Å². The summed E-state index contributed by atoms with van der Waals surface area (Å²) in [7, 11) is -3.28. The Morgan fingerprint density at radius 2 is 1.74 bits per heavy atom. The monoisotopic (exact) mass is 347 g/mol. The van der Waals surface area contributed by atoms with E-state index in [2.05, 4.69) is 9.97 Å². The molecule has 3 rings (SSSR count). The second-order valence-corrected chi connectivity index (χ2v) is 7.62. The first-order chi connectivity index (χ1) is 10.9. The minimum absolute atomic E-state index is 0.171. The molecule has 0 bridgehead atoms. The maximum atomic E-state index is 11.5. The van der Waals surface area contributed by atoms with E-state index < -0.39 is 9.84 Å². The number of aryl methyl sites for hydroxylation is 1. The first-order valence-electron chi connectivity index (χ1n) is 6.82. The van der Waals surface area contributed by atoms with E-state index in [9.17, 15) is 8.42 Å². The maximum Gasteiger partial charge on any atom is 0.177 e. The minimum atomic E-state index is -3.28. The van der Waals surface area contributed by atoms with E-state index in [-0.39, 0.29) is 4.90 Å². The number of benzene rings is 1. The highest BCUT2D eigenvalue weighted by Gasteiger charge is 2.15. The van der Waals surface area contributed by atoms with Gasteiger partial charge < -0.3 is 0 Å². The van der Waals surface area contributed by atoms with Crippen LogP contribution in [-0.2, 0) is 9.84 Å². The fourth-order valence-corrected chi connectivity index (χ4v) is 3.01. The predicted octanol–water partition coefficient (Wildman–Crippen LogP) is 3.30. The normalized spacial score (nSPS) is 11.6. The van der Waals surface area contributed by atoms with Crippen LogP contribution in [0.4, 0.5) is 0 Å². The lowest BCUT2D eigenvalue weighted by Gasteiger charge is -2.09. The molecule has 118 valence electrons. The lowest BCUT2D eigenvalue weighted by molar-refractivity contribution is 0.601. The second kappa shape index (κ2) is 5.79. The molecule has 3 aromatic rings. The van der Waals surface area contributed by atoms with E-state index >= 15 is 0 Å². The van der Waals surface area contributed by atoms with Crippen molar-refractivity contribution in [3.8, 4) is 17.1 Å². The molecule has 0 aliphatic carbocycles. The fraction of sp³-hybridized carbons (Fsp3) is 0.125. The summed E-state index contributed by atoms with van der Waals surface area (Å²) in [5.74, 6) is 0.548. The molecule has 0 unspecified atom stereocenters. The molecule has 2 heterocycles. The quantitative estimate of drug-likeness (QED) is 0.729. The number of aromatic nitrogens is 3. The number of pyridine rings is 1. The van der Waals surface area contributed by atoms with Crippen LogP contribution in [0.3, 0.4) is 0 Å². The Balaban J connectivity index is 2.10. The van der Waals surface area contributed by atoms with Gasteiger partial charge in [-0.05, 0) is 19.1 Å². The topological polar surface area (TPSA) is 64.8 Å². The van der Waals surface area contributed by atoms with Crippen LogP contribution in [0.1, 0.15) is 5.56 Å². The zero-order valence-corrected chi connectivity index (χ0v) is 14.1. The minimum Gasteiger partial charge on any atom is -0.281 e. The van der Waals surface area contributed by atoms with Gasteiger partial charge in [-0.1, -0.05) is 41.4 Å². The second-order valence-electron chi connectivity index (χ2n) is 5.24. The van der Waals surface area contributed by atoms with Crippen LogP contribution in [0.5, 0.6) is 0 Å². The summed E-state index contributed by atoms with van der Waals surface area (Å²) >= 11 is 6.22. The first-order valence-corrected chi connectivity index (χ1v) is 9.09. The van der Waals surface area contributed by atoms with E-state index in [4.69, 9.17) is 11.6 Å². The average molecular weight is 348 g/mol. The molecular weight excluding hydrogens is 334 g/mol. The van der Waals surface area contributed by atoms with E-state index in [1.54, 1.807) is 17.0 Å². The summed E-state index contributed by atoms with van der Waals surface area (Å²) in [4.78, 5) is 8.52. The Labute approximate surface area is 139 Å². The highest BCUT2D eigenvalue weighted by Crippen LogP contribution is 2.29. The molecule has 0 N–H and O–H groups in total. The molecule has 2 aromatic heterocycles. The van der Waals surface area contributed by atoms with Crippen molar-refractivity contribution in [3.05, 3.63) is 59.6 Å². The van der Waals surface area contributed by atoms with Crippen molar-refractivity contribution in [2.24, 2.45) is 0 Å². The van der Waals surface area contributed by atoms with Gasteiger partial charge in [0.15, 0.2) is 15.0 Å². The zero-order chi connectivity index (χ0) is 16.6. The molecule has 0 radical (unpaired) electrons. The van der Waals surface area contributed by atoms with Crippen LogP contribution in [0.25, 0.3) is 17.1 Å². The lowest BCUT2D eigenvalue weighted by Crippen LogP contribution is -2.02. The van der Waals surface area contributed by atoms with Crippen molar-refractivity contribution < 1.29 is 8.42 Å². The van der Waals surface area contributed by atoms with Crippen molar-refractivity contribution in [1.29, 1.82) is 0 Å². The number of rotatable bonds is 3. The van der Waals surface area contributed by atoms with Crippen molar-refractivity contribution >= 4 is 21.4 Å². The Hall–Kier alpha value is -2.18. The number of halogens is 1. The van der Waals surface area contributed by atoms with Crippen molar-refractivity contribution in [2.75, 3.05) is 6.26 Å². The Morgan fingerprint density at radius 3 is 2.30 bits per heavy atom. The number of hydrogen-bond donors (Lipinski definition) is 0. The third-order valence-corrected chi connectivity index (χ3v) is 4.82. The highest BCUT2D eigenvalue weighted by atomic mass is 35.5. The molecule has 5 nitrogen and oxygen atoms in total. The van der Waals surface area contributed by atoms with Crippen LogP contribution in [0.2, 0.25) is 5.15 Å². The van der Waals surface area contributed by atoms with Gasteiger partial charge in [0.2, 0.25) is 0 Å². The number of nitrogens with zero attached hydrogens (tertiary/aromatic N) is 3. The summed E-state index contributed by atoms with van der Waals surface area (Å²) in [6.45, 7) is 2.01. The predicted molar refractivity (Wildman–Crippen MR) is 89.7 cm³/mol. The third kappa shape index (κ3) is 3.13. The summed E-state index contributed by atoms with van der Waals surface area (Å²) < 4.78 is 24.8. The van der Waals surface area contributed by atoms with Crippen LogP contribution < -0.4 is 0 Å². The van der Waals surface area contributed by atoms with E-state index in [0.717, 1.165) is 17.4 Å². The van der Waals surface area contributed by atoms with Gasteiger partial charge in [-0.25, -0.2) is 18.4 Å². The van der Waals surface area contributed by atoms with Crippen LogP contribution >= 0.6 is 11.6 Å². The van der Waals surface area contributed by atoms with Gasteiger partial charge in [0.1, 0.15) is 12.1 Å². The van der Waals surface area contributed by atoms with Gasteiger partial charge in [0.05, 0.1) is 10.6 Å². The molecule has 0 saturated carbocycles. The van der Waals surface area contributed by atoms with Crippen LogP contribution in [0, 0.1) is 6.92 Å². The summed E-state index contributed by atoms with van der Waals surface area (Å²) in [5, 5.41) is 0.364. The number of imidazole rings is 1. The third-order valence-electron chi connectivity index (χ3n) is 3.44. The van der Waals surface area contributed by atoms with E-state index in [1.165, 1.54) is 12.3 Å². The van der Waals surface area contributed by atoms with Crippen molar-refractivity contribution in [1.82, 2.24) is 14.5 Å². The van der Waals surface area contributed by atoms with Gasteiger partial charge in [0.25, 0.3) is 0 Å². The van der Waals surface area contributed by atoms with E-state index in [1.807, 2.05) is 31.2 Å². The van der Waals surface area contributed by atoms with Crippen LogP contribution in [-0.4, -0.2) is 29.2 Å². The summed E-state index contributed by atoms with van der Waals surface area (Å²) in [5.41, 5.74) is 2.77. The Kier molecular flexibility index (Phi) is 3.95. The van der Waals surface area contributed by atoms with Crippen LogP contribution in [0.15, 0.2) is 53.8 Å². The first kappa shape index (κ1) is 15.7. The lowest BCUT2D eigenvalue weighted by atomic mass is 10.1. The summed E-state index contributed by atoms with van der Waals surface area (Å²) in [6, 6.07) is 11.0. The molecule has 0 fully saturated rings. The smallest absolute Gasteiger partial charge is 0.177 e. The van der Waals surface area contributed by atoms with Gasteiger partial charge in [-0.3, -0.25) is 4.57 Å². The number of sulfone groups is 1. The SMILES string of the molecule is Cc1ccc(-c2c(Cl)ncn2-c2ccc(S(C)(=O)=O)cn2)cc1. The Bertz CT molecular complexity index is 946. The van der Waals surface area contributed by atoms with Crippen molar-refractivity contribution in [3.63, 3.8) is 0 Å².